The quantitative estimate of drug-likeness (QED) is 0.864. The Morgan fingerprint density at radius 2 is 2.17 bits per heavy atom. The summed E-state index contributed by atoms with van der Waals surface area (Å²) in [6, 6.07) is 5.24. The fraction of sp³-hybridized carbons (Fsp3) is 0.462. The normalized spacial score (nSPS) is 10.5. The van der Waals surface area contributed by atoms with Gasteiger partial charge in [0.15, 0.2) is 0 Å². The summed E-state index contributed by atoms with van der Waals surface area (Å²) in [5, 5.41) is 3.28. The third-order valence-corrected chi connectivity index (χ3v) is 2.43. The molecule has 0 spiro atoms. The molecular formula is C13H19ClN2O2. The van der Waals surface area contributed by atoms with E-state index in [0.717, 1.165) is 6.42 Å². The van der Waals surface area contributed by atoms with Crippen LogP contribution in [0.15, 0.2) is 18.2 Å². The van der Waals surface area contributed by atoms with Gasteiger partial charge in [-0.3, -0.25) is 4.79 Å². The lowest BCUT2D eigenvalue weighted by molar-refractivity contribution is -0.116. The second kappa shape index (κ2) is 7.24. The molecule has 100 valence electrons. The molecule has 0 saturated heterocycles. The van der Waals surface area contributed by atoms with Gasteiger partial charge in [0.2, 0.25) is 5.91 Å². The Kier molecular flexibility index (Phi) is 5.95. The molecule has 1 rings (SSSR count). The number of ether oxygens (including phenoxy) is 1. The highest BCUT2D eigenvalue weighted by Gasteiger charge is 2.06. The van der Waals surface area contributed by atoms with Crippen LogP contribution in [0.2, 0.25) is 5.02 Å². The number of carbonyl (C=O) groups is 1. The van der Waals surface area contributed by atoms with Gasteiger partial charge in [0, 0.05) is 5.69 Å². The Hall–Kier alpha value is -1.26. The van der Waals surface area contributed by atoms with Crippen molar-refractivity contribution in [2.75, 3.05) is 32.6 Å². The summed E-state index contributed by atoms with van der Waals surface area (Å²) in [5.41, 5.74) is 0.677. The van der Waals surface area contributed by atoms with Crippen LogP contribution in [0.1, 0.15) is 13.3 Å². The molecule has 5 heteroatoms. The van der Waals surface area contributed by atoms with Crippen molar-refractivity contribution in [3.8, 4) is 5.75 Å². The number of benzene rings is 1. The number of nitrogens with zero attached hydrogens (tertiary/aromatic N) is 1. The summed E-state index contributed by atoms with van der Waals surface area (Å²) in [4.78, 5) is 13.4. The molecule has 0 fully saturated rings. The predicted octanol–water partition coefficient (Wildman–Crippen LogP) is 2.63. The van der Waals surface area contributed by atoms with Crippen LogP contribution in [-0.4, -0.2) is 38.1 Å². The monoisotopic (exact) mass is 270 g/mol. The lowest BCUT2D eigenvalue weighted by atomic mass is 10.3. The van der Waals surface area contributed by atoms with Crippen molar-refractivity contribution in [3.05, 3.63) is 23.2 Å². The molecule has 0 atom stereocenters. The minimum atomic E-state index is -0.0710. The third kappa shape index (κ3) is 4.94. The summed E-state index contributed by atoms with van der Waals surface area (Å²) in [7, 11) is 3.68. The Bertz CT molecular complexity index is 408. The first-order chi connectivity index (χ1) is 8.52. The van der Waals surface area contributed by atoms with Crippen LogP contribution in [0.5, 0.6) is 5.75 Å². The maximum absolute atomic E-state index is 11.6. The average Bonchev–Trinajstić information content (AvgIpc) is 2.26. The van der Waals surface area contributed by atoms with E-state index in [1.165, 1.54) is 0 Å². The number of likely N-dealkylation sites (N-methyl/N-ethyl adjacent to an activating group) is 1. The minimum Gasteiger partial charge on any atom is -0.492 e. The first-order valence-electron chi connectivity index (χ1n) is 5.90. The fourth-order valence-electron chi connectivity index (χ4n) is 1.40. The first-order valence-corrected chi connectivity index (χ1v) is 6.27. The van der Waals surface area contributed by atoms with Crippen LogP contribution in [-0.2, 0) is 4.79 Å². The zero-order chi connectivity index (χ0) is 13.5. The molecule has 0 aliphatic heterocycles. The van der Waals surface area contributed by atoms with Crippen LogP contribution in [0.25, 0.3) is 0 Å². The van der Waals surface area contributed by atoms with E-state index < -0.39 is 0 Å². The van der Waals surface area contributed by atoms with Crippen molar-refractivity contribution < 1.29 is 9.53 Å². The molecule has 0 saturated carbocycles. The molecule has 0 unspecified atom stereocenters. The maximum Gasteiger partial charge on any atom is 0.238 e. The topological polar surface area (TPSA) is 41.6 Å². The van der Waals surface area contributed by atoms with E-state index in [-0.39, 0.29) is 5.91 Å². The van der Waals surface area contributed by atoms with Gasteiger partial charge in [0.25, 0.3) is 0 Å². The van der Waals surface area contributed by atoms with E-state index in [1.807, 2.05) is 21.0 Å². The maximum atomic E-state index is 11.6. The predicted molar refractivity (Wildman–Crippen MR) is 74.4 cm³/mol. The van der Waals surface area contributed by atoms with Crippen molar-refractivity contribution in [1.29, 1.82) is 0 Å². The molecule has 0 aliphatic rings. The van der Waals surface area contributed by atoms with Gasteiger partial charge in [-0.2, -0.15) is 0 Å². The van der Waals surface area contributed by atoms with E-state index in [4.69, 9.17) is 16.3 Å². The molecule has 0 aliphatic carbocycles. The number of amides is 1. The number of rotatable bonds is 6. The number of halogens is 1. The highest BCUT2D eigenvalue weighted by Crippen LogP contribution is 2.27. The number of hydrogen-bond donors (Lipinski definition) is 1. The van der Waals surface area contributed by atoms with E-state index >= 15 is 0 Å². The Morgan fingerprint density at radius 1 is 1.44 bits per heavy atom. The van der Waals surface area contributed by atoms with Crippen molar-refractivity contribution in [2.24, 2.45) is 0 Å². The largest absolute Gasteiger partial charge is 0.492 e. The van der Waals surface area contributed by atoms with Crippen LogP contribution in [0.4, 0.5) is 5.69 Å². The van der Waals surface area contributed by atoms with Crippen LogP contribution >= 0.6 is 11.6 Å². The molecule has 0 aromatic heterocycles. The summed E-state index contributed by atoms with van der Waals surface area (Å²) in [5.74, 6) is 0.572. The summed E-state index contributed by atoms with van der Waals surface area (Å²) < 4.78 is 5.46. The van der Waals surface area contributed by atoms with E-state index in [2.05, 4.69) is 5.32 Å². The van der Waals surface area contributed by atoms with E-state index in [1.54, 1.807) is 23.1 Å². The van der Waals surface area contributed by atoms with Gasteiger partial charge in [-0.15, -0.1) is 0 Å². The summed E-state index contributed by atoms with van der Waals surface area (Å²) in [6.07, 6.45) is 0.928. The second-order valence-corrected chi connectivity index (χ2v) is 4.69. The molecule has 1 aromatic carbocycles. The molecule has 18 heavy (non-hydrogen) atoms. The van der Waals surface area contributed by atoms with Gasteiger partial charge in [-0.05, 0) is 38.7 Å². The van der Waals surface area contributed by atoms with Crippen molar-refractivity contribution in [2.45, 2.75) is 13.3 Å². The molecular weight excluding hydrogens is 252 g/mol. The summed E-state index contributed by atoms with van der Waals surface area (Å²) >= 11 is 6.07. The molecule has 1 aromatic rings. The first kappa shape index (κ1) is 14.8. The van der Waals surface area contributed by atoms with Crippen LogP contribution < -0.4 is 10.1 Å². The number of anilines is 1. The number of nitrogens with one attached hydrogen (secondary N) is 1. The van der Waals surface area contributed by atoms with Crippen LogP contribution in [0, 0.1) is 0 Å². The standard InChI is InChI=1S/C13H19ClN2O2/c1-4-7-18-12-6-5-10(8-11(12)14)15-13(17)9-16(2)3/h5-6,8H,4,7,9H2,1-3H3,(H,15,17). The van der Waals surface area contributed by atoms with E-state index in [0.29, 0.717) is 29.6 Å². The molecule has 1 amide bonds. The fourth-order valence-corrected chi connectivity index (χ4v) is 1.63. The third-order valence-electron chi connectivity index (χ3n) is 2.14. The average molecular weight is 271 g/mol. The SMILES string of the molecule is CCCOc1ccc(NC(=O)CN(C)C)cc1Cl. The molecule has 4 nitrogen and oxygen atoms in total. The molecule has 0 heterocycles. The highest BCUT2D eigenvalue weighted by atomic mass is 35.5. The lowest BCUT2D eigenvalue weighted by Crippen LogP contribution is -2.27. The Labute approximate surface area is 113 Å². The van der Waals surface area contributed by atoms with Gasteiger partial charge < -0.3 is 15.0 Å². The molecule has 1 N–H and O–H groups in total. The van der Waals surface area contributed by atoms with E-state index in [9.17, 15) is 4.79 Å². The smallest absolute Gasteiger partial charge is 0.238 e. The van der Waals surface area contributed by atoms with Crippen molar-refractivity contribution >= 4 is 23.2 Å². The van der Waals surface area contributed by atoms with Crippen LogP contribution in [0.3, 0.4) is 0 Å². The Balaban J connectivity index is 2.63. The zero-order valence-corrected chi connectivity index (χ0v) is 11.8. The minimum absolute atomic E-state index is 0.0710. The Morgan fingerprint density at radius 3 is 2.72 bits per heavy atom. The zero-order valence-electron chi connectivity index (χ0n) is 11.0. The second-order valence-electron chi connectivity index (χ2n) is 4.28. The molecule has 0 bridgehead atoms. The summed E-state index contributed by atoms with van der Waals surface area (Å²) in [6.45, 7) is 3.00. The van der Waals surface area contributed by atoms with Gasteiger partial charge in [0.1, 0.15) is 5.75 Å². The van der Waals surface area contributed by atoms with Gasteiger partial charge in [-0.1, -0.05) is 18.5 Å². The number of hydrogen-bond acceptors (Lipinski definition) is 3. The van der Waals surface area contributed by atoms with Gasteiger partial charge in [-0.25, -0.2) is 0 Å². The highest BCUT2D eigenvalue weighted by molar-refractivity contribution is 6.32. The number of carbonyl (C=O) groups excluding carboxylic acids is 1. The van der Waals surface area contributed by atoms with Crippen molar-refractivity contribution in [3.63, 3.8) is 0 Å². The lowest BCUT2D eigenvalue weighted by Gasteiger charge is -2.12. The van der Waals surface area contributed by atoms with Crippen molar-refractivity contribution in [1.82, 2.24) is 4.90 Å². The molecule has 0 radical (unpaired) electrons. The van der Waals surface area contributed by atoms with Gasteiger partial charge >= 0.3 is 0 Å². The van der Waals surface area contributed by atoms with Gasteiger partial charge in [0.05, 0.1) is 18.2 Å².